The zero-order valence-corrected chi connectivity index (χ0v) is 12.5. The molecular weight excluding hydrogens is 338 g/mol. The highest BCUT2D eigenvalue weighted by Gasteiger charge is 2.37. The lowest BCUT2D eigenvalue weighted by Crippen LogP contribution is -1.97. The third kappa shape index (κ3) is 2.83. The molecule has 1 fully saturated rings. The molecule has 0 bridgehead atoms. The van der Waals surface area contributed by atoms with E-state index in [1.165, 1.54) is 0 Å². The lowest BCUT2D eigenvalue weighted by Gasteiger charge is -2.04. The van der Waals surface area contributed by atoms with E-state index < -0.39 is 11.9 Å². The smallest absolute Gasteiger partial charge is 0.348 e. The van der Waals surface area contributed by atoms with Crippen molar-refractivity contribution in [2.24, 2.45) is 0 Å². The van der Waals surface area contributed by atoms with E-state index in [1.807, 2.05) is 0 Å². The van der Waals surface area contributed by atoms with E-state index in [9.17, 15) is 9.59 Å². The van der Waals surface area contributed by atoms with Crippen LogP contribution in [0.5, 0.6) is 0 Å². The van der Waals surface area contributed by atoms with Crippen molar-refractivity contribution in [2.45, 2.75) is 13.0 Å². The highest BCUT2D eigenvalue weighted by molar-refractivity contribution is 6.54. The van der Waals surface area contributed by atoms with Gasteiger partial charge in [-0.25, -0.2) is 9.59 Å². The van der Waals surface area contributed by atoms with Crippen LogP contribution in [0, 0.1) is 0 Å². The number of hydrogen-bond donors (Lipinski definition) is 0. The van der Waals surface area contributed by atoms with E-state index in [0.717, 1.165) is 6.61 Å². The molecule has 2 aliphatic rings. The van der Waals surface area contributed by atoms with Gasteiger partial charge >= 0.3 is 11.9 Å². The van der Waals surface area contributed by atoms with E-state index in [2.05, 4.69) is 11.7 Å². The van der Waals surface area contributed by atoms with Crippen molar-refractivity contribution < 1.29 is 19.1 Å². The largest absolute Gasteiger partial charge is 0.386 e. The van der Waals surface area contributed by atoms with Gasteiger partial charge in [0.15, 0.2) is 0 Å². The van der Waals surface area contributed by atoms with E-state index in [4.69, 9.17) is 51.1 Å². The number of esters is 2. The number of cyclic esters (lactones) is 2. The van der Waals surface area contributed by atoms with Crippen molar-refractivity contribution >= 4 is 58.3 Å². The number of carbonyl (C=O) groups is 2. The molecule has 0 aromatic heterocycles. The molecule has 0 N–H and O–H groups in total. The Morgan fingerprint density at radius 1 is 0.895 bits per heavy atom. The van der Waals surface area contributed by atoms with Gasteiger partial charge in [-0.3, -0.25) is 0 Å². The molecule has 0 aliphatic carbocycles. The summed E-state index contributed by atoms with van der Waals surface area (Å²) in [6.07, 6.45) is 0.583. The van der Waals surface area contributed by atoms with Crippen molar-refractivity contribution in [3.8, 4) is 0 Å². The number of ether oxygens (including phenoxy) is 2. The highest BCUT2D eigenvalue weighted by Crippen LogP contribution is 2.43. The number of benzene rings is 1. The minimum Gasteiger partial charge on any atom is -0.386 e. The van der Waals surface area contributed by atoms with Gasteiger partial charge in [0.1, 0.15) is 0 Å². The molecule has 0 radical (unpaired) electrons. The topological polar surface area (TPSA) is 55.9 Å². The van der Waals surface area contributed by atoms with Gasteiger partial charge in [-0.2, -0.15) is 0 Å². The van der Waals surface area contributed by atoms with Crippen LogP contribution in [0.2, 0.25) is 20.1 Å². The Hall–Kier alpha value is -0.520. The van der Waals surface area contributed by atoms with E-state index >= 15 is 0 Å². The normalized spacial score (nSPS) is 19.5. The number of fused-ring (bicyclic) bond motifs is 1. The quantitative estimate of drug-likeness (QED) is 0.235. The second kappa shape index (κ2) is 5.46. The van der Waals surface area contributed by atoms with Crippen molar-refractivity contribution in [1.82, 2.24) is 0 Å². The first-order valence-corrected chi connectivity index (χ1v) is 6.59. The van der Waals surface area contributed by atoms with Crippen LogP contribution in [0.15, 0.2) is 0 Å². The first kappa shape index (κ1) is 14.9. The monoisotopic (exact) mass is 342 g/mol. The summed E-state index contributed by atoms with van der Waals surface area (Å²) in [7, 11) is 0. The van der Waals surface area contributed by atoms with E-state index in [1.54, 1.807) is 0 Å². The standard InChI is InChI=1S/C8Cl4O3.C3H6O/c9-3-1-2(8(14)15-7(1)13)4(10)6(12)5(3)11;1-3-2-4-3/h;3H,2H2,1H3. The molecule has 0 amide bonds. The Bertz CT molecular complexity index is 536. The van der Waals surface area contributed by atoms with Crippen LogP contribution in [0.4, 0.5) is 0 Å². The second-order valence-electron chi connectivity index (χ2n) is 3.83. The Morgan fingerprint density at radius 2 is 1.21 bits per heavy atom. The number of carbonyl (C=O) groups excluding carboxylic acids is 2. The van der Waals surface area contributed by atoms with Crippen LogP contribution >= 0.6 is 46.4 Å². The summed E-state index contributed by atoms with van der Waals surface area (Å²) in [5, 5.41) is -0.406. The first-order chi connectivity index (χ1) is 8.84. The molecule has 0 saturated carbocycles. The summed E-state index contributed by atoms with van der Waals surface area (Å²) >= 11 is 22.9. The van der Waals surface area contributed by atoms with Crippen LogP contribution < -0.4 is 0 Å². The van der Waals surface area contributed by atoms with Crippen LogP contribution in [-0.2, 0) is 9.47 Å². The lowest BCUT2D eigenvalue weighted by molar-refractivity contribution is 0.0444. The summed E-state index contributed by atoms with van der Waals surface area (Å²) in [5.74, 6) is -1.75. The minimum atomic E-state index is -0.875. The van der Waals surface area contributed by atoms with Gasteiger partial charge in [-0.1, -0.05) is 46.4 Å². The fourth-order valence-electron chi connectivity index (χ4n) is 1.30. The molecule has 8 heteroatoms. The Balaban J connectivity index is 0.000000284. The van der Waals surface area contributed by atoms with Gasteiger partial charge in [-0.05, 0) is 6.92 Å². The molecule has 2 heterocycles. The second-order valence-corrected chi connectivity index (χ2v) is 5.34. The fraction of sp³-hybridized carbons (Fsp3) is 0.273. The van der Waals surface area contributed by atoms with Crippen molar-refractivity contribution in [3.05, 3.63) is 31.2 Å². The number of rotatable bonds is 0. The summed E-state index contributed by atoms with van der Waals surface area (Å²) in [5.41, 5.74) is -0.276. The molecule has 102 valence electrons. The maximum Gasteiger partial charge on any atom is 0.348 e. The Kier molecular flexibility index (Phi) is 4.28. The van der Waals surface area contributed by atoms with Gasteiger partial charge in [0.05, 0.1) is 43.9 Å². The van der Waals surface area contributed by atoms with Gasteiger partial charge in [0.25, 0.3) is 0 Å². The van der Waals surface area contributed by atoms with Gasteiger partial charge in [-0.15, -0.1) is 0 Å². The van der Waals surface area contributed by atoms with Crippen LogP contribution in [0.25, 0.3) is 0 Å². The lowest BCUT2D eigenvalue weighted by atomic mass is 10.1. The molecule has 0 spiro atoms. The van der Waals surface area contributed by atoms with E-state index in [-0.39, 0.29) is 31.2 Å². The summed E-state index contributed by atoms with van der Waals surface area (Å²) in [6.45, 7) is 3.04. The minimum absolute atomic E-state index is 0.0752. The van der Waals surface area contributed by atoms with Crippen LogP contribution in [0.1, 0.15) is 27.6 Å². The van der Waals surface area contributed by atoms with Crippen molar-refractivity contribution in [3.63, 3.8) is 0 Å². The maximum absolute atomic E-state index is 11.2. The van der Waals surface area contributed by atoms with Gasteiger partial charge in [0.2, 0.25) is 0 Å². The molecular formula is C11H6Cl4O4. The molecule has 1 atom stereocenters. The summed E-state index contributed by atoms with van der Waals surface area (Å²) in [6, 6.07) is 0. The molecule has 1 aromatic carbocycles. The van der Waals surface area contributed by atoms with Gasteiger partial charge < -0.3 is 9.47 Å². The number of halogens is 4. The maximum atomic E-state index is 11.2. The average molecular weight is 344 g/mol. The highest BCUT2D eigenvalue weighted by atomic mass is 35.5. The summed E-state index contributed by atoms with van der Waals surface area (Å²) in [4.78, 5) is 22.4. The van der Waals surface area contributed by atoms with Crippen LogP contribution in [-0.4, -0.2) is 24.6 Å². The predicted molar refractivity (Wildman–Crippen MR) is 71.6 cm³/mol. The zero-order valence-electron chi connectivity index (χ0n) is 9.43. The molecule has 1 aromatic rings. The molecule has 4 nitrogen and oxygen atoms in total. The summed E-state index contributed by atoms with van der Waals surface area (Å²) < 4.78 is 9.05. The molecule has 2 aliphatic heterocycles. The fourth-order valence-corrected chi connectivity index (χ4v) is 2.30. The van der Waals surface area contributed by atoms with Crippen LogP contribution in [0.3, 0.4) is 0 Å². The molecule has 3 rings (SSSR count). The first-order valence-electron chi connectivity index (χ1n) is 5.08. The third-order valence-electron chi connectivity index (χ3n) is 2.36. The Morgan fingerprint density at radius 3 is 1.47 bits per heavy atom. The van der Waals surface area contributed by atoms with Crippen molar-refractivity contribution in [2.75, 3.05) is 6.61 Å². The molecule has 1 saturated heterocycles. The predicted octanol–water partition coefficient (Wildman–Crippen LogP) is 4.02. The van der Waals surface area contributed by atoms with Gasteiger partial charge in [0, 0.05) is 0 Å². The Labute approximate surface area is 128 Å². The number of epoxide rings is 1. The molecule has 1 unspecified atom stereocenters. The molecule has 19 heavy (non-hydrogen) atoms. The number of hydrogen-bond acceptors (Lipinski definition) is 4. The van der Waals surface area contributed by atoms with Crippen molar-refractivity contribution in [1.29, 1.82) is 0 Å². The van der Waals surface area contributed by atoms with E-state index in [0.29, 0.717) is 6.10 Å². The average Bonchev–Trinajstić information content (AvgIpc) is 3.07. The third-order valence-corrected chi connectivity index (χ3v) is 4.16. The zero-order chi connectivity index (χ0) is 14.3. The SMILES string of the molecule is CC1CO1.O=C1OC(=O)c2c(Cl)c(Cl)c(Cl)c(Cl)c21.